The number of benzene rings is 2. The summed E-state index contributed by atoms with van der Waals surface area (Å²) in [4.78, 5) is 22.6. The average molecular weight is 384 g/mol. The number of amides is 1. The van der Waals surface area contributed by atoms with Crippen LogP contribution in [0.15, 0.2) is 60.9 Å². The summed E-state index contributed by atoms with van der Waals surface area (Å²) < 4.78 is 37.8. The Morgan fingerprint density at radius 2 is 1.68 bits per heavy atom. The fourth-order valence-corrected chi connectivity index (χ4v) is 3.08. The smallest absolute Gasteiger partial charge is 0.324 e. The number of alkyl halides is 3. The molecule has 8 heteroatoms. The van der Waals surface area contributed by atoms with Gasteiger partial charge < -0.3 is 10.2 Å². The number of fused-ring (bicyclic) bond motifs is 1. The Bertz CT molecular complexity index is 1000. The highest BCUT2D eigenvalue weighted by atomic mass is 19.4. The molecule has 0 spiro atoms. The second-order valence-corrected chi connectivity index (χ2v) is 6.33. The summed E-state index contributed by atoms with van der Waals surface area (Å²) in [5.41, 5.74) is 2.04. The first-order valence-corrected chi connectivity index (χ1v) is 8.58. The van der Waals surface area contributed by atoms with Crippen molar-refractivity contribution in [3.8, 4) is 0 Å². The summed E-state index contributed by atoms with van der Waals surface area (Å²) >= 11 is 0. The van der Waals surface area contributed by atoms with E-state index in [-0.39, 0.29) is 11.9 Å². The number of rotatable bonds is 3. The molecule has 0 saturated heterocycles. The van der Waals surface area contributed by atoms with Crippen LogP contribution < -0.4 is 10.2 Å². The van der Waals surface area contributed by atoms with Gasteiger partial charge in [0.1, 0.15) is 0 Å². The molecule has 28 heavy (non-hydrogen) atoms. The van der Waals surface area contributed by atoms with Gasteiger partial charge in [0.2, 0.25) is 5.95 Å². The minimum absolute atomic E-state index is 0.189. The average Bonchev–Trinajstić information content (AvgIpc) is 3.12. The van der Waals surface area contributed by atoms with E-state index in [1.807, 2.05) is 24.3 Å². The second kappa shape index (κ2) is 6.95. The molecule has 0 radical (unpaired) electrons. The lowest BCUT2D eigenvalue weighted by atomic mass is 10.2. The maximum atomic E-state index is 12.7. The van der Waals surface area contributed by atoms with Crippen LogP contribution in [-0.4, -0.2) is 22.4 Å². The molecular weight excluding hydrogens is 369 g/mol. The maximum absolute atomic E-state index is 12.7. The third-order valence-corrected chi connectivity index (χ3v) is 4.50. The van der Waals surface area contributed by atoms with Gasteiger partial charge in [-0.2, -0.15) is 13.2 Å². The lowest BCUT2D eigenvalue weighted by molar-refractivity contribution is -0.137. The zero-order valence-electron chi connectivity index (χ0n) is 14.6. The molecule has 1 N–H and O–H groups in total. The van der Waals surface area contributed by atoms with Gasteiger partial charge in [0.15, 0.2) is 0 Å². The van der Waals surface area contributed by atoms with E-state index in [0.717, 1.165) is 29.8 Å². The number of carbonyl (C=O) groups is 1. The lowest BCUT2D eigenvalue weighted by Gasteiger charge is -2.17. The number of halogens is 3. The van der Waals surface area contributed by atoms with Gasteiger partial charge in [-0.25, -0.2) is 9.97 Å². The summed E-state index contributed by atoms with van der Waals surface area (Å²) in [6.45, 7) is 0.601. The minimum atomic E-state index is -4.38. The van der Waals surface area contributed by atoms with Crippen LogP contribution >= 0.6 is 0 Å². The SMILES string of the molecule is O=C(c1cnc(Nc2ccc(C(F)(F)F)cc2)nc1)N1CCc2ccccc21. The van der Waals surface area contributed by atoms with Crippen LogP contribution in [0.1, 0.15) is 21.5 Å². The van der Waals surface area contributed by atoms with Crippen LogP contribution in [0.2, 0.25) is 0 Å². The van der Waals surface area contributed by atoms with Gasteiger partial charge in [-0.15, -0.1) is 0 Å². The van der Waals surface area contributed by atoms with E-state index >= 15 is 0 Å². The Balaban J connectivity index is 1.46. The van der Waals surface area contributed by atoms with Crippen molar-refractivity contribution in [2.75, 3.05) is 16.8 Å². The van der Waals surface area contributed by atoms with E-state index in [9.17, 15) is 18.0 Å². The van der Waals surface area contributed by atoms with Gasteiger partial charge in [-0.3, -0.25) is 4.79 Å². The van der Waals surface area contributed by atoms with Crippen molar-refractivity contribution in [2.24, 2.45) is 0 Å². The Morgan fingerprint density at radius 1 is 1.00 bits per heavy atom. The Hall–Kier alpha value is -3.42. The van der Waals surface area contributed by atoms with Gasteiger partial charge in [-0.05, 0) is 42.3 Å². The molecule has 0 aliphatic carbocycles. The van der Waals surface area contributed by atoms with Crippen molar-refractivity contribution in [2.45, 2.75) is 12.6 Å². The lowest BCUT2D eigenvalue weighted by Crippen LogP contribution is -2.29. The van der Waals surface area contributed by atoms with Crippen molar-refractivity contribution in [1.82, 2.24) is 9.97 Å². The zero-order valence-corrected chi connectivity index (χ0v) is 14.6. The molecule has 142 valence electrons. The maximum Gasteiger partial charge on any atom is 0.416 e. The predicted molar refractivity (Wildman–Crippen MR) is 98.6 cm³/mol. The minimum Gasteiger partial charge on any atom is -0.324 e. The number of nitrogens with zero attached hydrogens (tertiary/aromatic N) is 3. The largest absolute Gasteiger partial charge is 0.416 e. The Morgan fingerprint density at radius 3 is 2.36 bits per heavy atom. The molecule has 0 fully saturated rings. The third kappa shape index (κ3) is 3.53. The molecule has 1 aliphatic rings. The zero-order chi connectivity index (χ0) is 19.7. The number of aromatic nitrogens is 2. The molecule has 5 nitrogen and oxygen atoms in total. The summed E-state index contributed by atoms with van der Waals surface area (Å²) in [5.74, 6) is 0.00385. The normalized spacial score (nSPS) is 13.3. The van der Waals surface area contributed by atoms with Gasteiger partial charge in [0.25, 0.3) is 5.91 Å². The fourth-order valence-electron chi connectivity index (χ4n) is 3.08. The number of carbonyl (C=O) groups excluding carboxylic acids is 1. The van der Waals surface area contributed by atoms with Crippen LogP contribution in [0.3, 0.4) is 0 Å². The topological polar surface area (TPSA) is 58.1 Å². The molecular formula is C20H15F3N4O. The molecule has 1 aliphatic heterocycles. The first-order valence-electron chi connectivity index (χ1n) is 8.58. The van der Waals surface area contributed by atoms with Crippen LogP contribution in [0.25, 0.3) is 0 Å². The van der Waals surface area contributed by atoms with E-state index in [0.29, 0.717) is 17.8 Å². The van der Waals surface area contributed by atoms with Crippen LogP contribution in [0, 0.1) is 0 Å². The first kappa shape index (κ1) is 18.0. The molecule has 0 atom stereocenters. The number of hydrogen-bond donors (Lipinski definition) is 1. The number of nitrogens with one attached hydrogen (secondary N) is 1. The van der Waals surface area contributed by atoms with Crippen LogP contribution in [0.5, 0.6) is 0 Å². The number of hydrogen-bond acceptors (Lipinski definition) is 4. The summed E-state index contributed by atoms with van der Waals surface area (Å²) in [5, 5.41) is 2.82. The van der Waals surface area contributed by atoms with E-state index in [1.54, 1.807) is 4.90 Å². The third-order valence-electron chi connectivity index (χ3n) is 4.50. The highest BCUT2D eigenvalue weighted by molar-refractivity contribution is 6.07. The summed E-state index contributed by atoms with van der Waals surface area (Å²) in [7, 11) is 0. The molecule has 1 amide bonds. The summed E-state index contributed by atoms with van der Waals surface area (Å²) in [6, 6.07) is 12.3. The van der Waals surface area contributed by atoms with Gasteiger partial charge in [0.05, 0.1) is 11.1 Å². The molecule has 1 aromatic heterocycles. The predicted octanol–water partition coefficient (Wildman–Crippen LogP) is 4.44. The van der Waals surface area contributed by atoms with E-state index < -0.39 is 11.7 Å². The van der Waals surface area contributed by atoms with Crippen molar-refractivity contribution in [3.63, 3.8) is 0 Å². The molecule has 3 aromatic rings. The standard InChI is InChI=1S/C20H15F3N4O/c21-20(22,23)15-5-7-16(8-6-15)26-19-24-11-14(12-25-19)18(28)27-10-9-13-3-1-2-4-17(13)27/h1-8,11-12H,9-10H2,(H,24,25,26). The van der Waals surface area contributed by atoms with Crippen LogP contribution in [-0.2, 0) is 12.6 Å². The van der Waals surface area contributed by atoms with E-state index in [4.69, 9.17) is 0 Å². The molecule has 0 unspecified atom stereocenters. The van der Waals surface area contributed by atoms with Crippen LogP contribution in [0.4, 0.5) is 30.5 Å². The fraction of sp³-hybridized carbons (Fsp3) is 0.150. The van der Waals surface area contributed by atoms with E-state index in [2.05, 4.69) is 15.3 Å². The number of anilines is 3. The Labute approximate surface area is 158 Å². The highest BCUT2D eigenvalue weighted by Gasteiger charge is 2.30. The van der Waals surface area contributed by atoms with Gasteiger partial charge >= 0.3 is 6.18 Å². The van der Waals surface area contributed by atoms with Crippen molar-refractivity contribution < 1.29 is 18.0 Å². The molecule has 0 saturated carbocycles. The van der Waals surface area contributed by atoms with Gasteiger partial charge in [0, 0.05) is 30.3 Å². The van der Waals surface area contributed by atoms with Crippen molar-refractivity contribution >= 4 is 23.2 Å². The monoisotopic (exact) mass is 384 g/mol. The second-order valence-electron chi connectivity index (χ2n) is 6.33. The van der Waals surface area contributed by atoms with E-state index in [1.165, 1.54) is 24.5 Å². The molecule has 4 rings (SSSR count). The molecule has 2 heterocycles. The quantitative estimate of drug-likeness (QED) is 0.725. The van der Waals surface area contributed by atoms with Gasteiger partial charge in [-0.1, -0.05) is 18.2 Å². The molecule has 0 bridgehead atoms. The van der Waals surface area contributed by atoms with Crippen molar-refractivity contribution in [3.05, 3.63) is 77.6 Å². The molecule has 2 aromatic carbocycles. The Kier molecular flexibility index (Phi) is 4.46. The van der Waals surface area contributed by atoms with Crippen molar-refractivity contribution in [1.29, 1.82) is 0 Å². The summed E-state index contributed by atoms with van der Waals surface area (Å²) in [6.07, 6.45) is -0.771. The highest BCUT2D eigenvalue weighted by Crippen LogP contribution is 2.30. The number of para-hydroxylation sites is 1. The first-order chi connectivity index (χ1) is 13.4.